The molecule has 1 atom stereocenters. The summed E-state index contributed by atoms with van der Waals surface area (Å²) < 4.78 is 0. The second kappa shape index (κ2) is 7.03. The molecule has 0 bridgehead atoms. The standard InChI is InChI=1S/C27H16N2O4/c30-23-12-21(26-28-13-16-11-15(27(32)33)6-10-22(16)29-26)24-19-7-5-14-3-1-2-4-17(14)18(19)8-9-20(24)25(23)31/h1-11,13,21H,12H2,(H,32,33). The van der Waals surface area contributed by atoms with Crippen molar-refractivity contribution in [2.75, 3.05) is 0 Å². The number of hydrogen-bond acceptors (Lipinski definition) is 5. The van der Waals surface area contributed by atoms with Gasteiger partial charge in [0.05, 0.1) is 17.0 Å². The van der Waals surface area contributed by atoms with Crippen LogP contribution in [0.1, 0.15) is 44.4 Å². The van der Waals surface area contributed by atoms with Gasteiger partial charge in [0, 0.05) is 23.6 Å². The quantitative estimate of drug-likeness (QED) is 0.314. The lowest BCUT2D eigenvalue weighted by molar-refractivity contribution is -0.115. The van der Waals surface area contributed by atoms with Crippen molar-refractivity contribution in [1.82, 2.24) is 9.97 Å². The molecule has 1 N–H and O–H groups in total. The summed E-state index contributed by atoms with van der Waals surface area (Å²) in [5, 5.41) is 13.9. The summed E-state index contributed by atoms with van der Waals surface area (Å²) in [7, 11) is 0. The molecule has 0 spiro atoms. The minimum absolute atomic E-state index is 0.00348. The maximum Gasteiger partial charge on any atom is 0.335 e. The molecule has 6 heteroatoms. The summed E-state index contributed by atoms with van der Waals surface area (Å²) in [4.78, 5) is 45.8. The van der Waals surface area contributed by atoms with Crippen LogP contribution in [0.3, 0.4) is 0 Å². The van der Waals surface area contributed by atoms with Crippen molar-refractivity contribution in [3.8, 4) is 0 Å². The number of ketones is 2. The van der Waals surface area contributed by atoms with E-state index in [9.17, 15) is 19.5 Å². The second-order valence-corrected chi connectivity index (χ2v) is 8.22. The number of carboxylic acid groups (broad SMARTS) is 1. The lowest BCUT2D eigenvalue weighted by Crippen LogP contribution is -2.27. The smallest absolute Gasteiger partial charge is 0.335 e. The Labute approximate surface area is 187 Å². The summed E-state index contributed by atoms with van der Waals surface area (Å²) in [5.41, 5.74) is 1.90. The zero-order chi connectivity index (χ0) is 22.7. The molecule has 0 fully saturated rings. The third-order valence-electron chi connectivity index (χ3n) is 6.36. The maximum atomic E-state index is 12.8. The molecule has 33 heavy (non-hydrogen) atoms. The summed E-state index contributed by atoms with van der Waals surface area (Å²) in [6.45, 7) is 0. The summed E-state index contributed by atoms with van der Waals surface area (Å²) in [6, 6.07) is 20.3. The fourth-order valence-corrected chi connectivity index (χ4v) is 4.78. The highest BCUT2D eigenvalue weighted by Gasteiger charge is 2.36. The van der Waals surface area contributed by atoms with E-state index in [0.717, 1.165) is 27.1 Å². The van der Waals surface area contributed by atoms with Gasteiger partial charge < -0.3 is 5.11 Å². The Kier molecular flexibility index (Phi) is 4.10. The van der Waals surface area contributed by atoms with Crippen LogP contribution in [0, 0.1) is 0 Å². The van der Waals surface area contributed by atoms with E-state index >= 15 is 0 Å². The molecule has 1 unspecified atom stereocenters. The molecule has 6 rings (SSSR count). The number of aromatic nitrogens is 2. The number of carbonyl (C=O) groups is 3. The molecule has 0 saturated carbocycles. The zero-order valence-corrected chi connectivity index (χ0v) is 17.3. The first-order valence-corrected chi connectivity index (χ1v) is 10.5. The van der Waals surface area contributed by atoms with Gasteiger partial charge in [-0.15, -0.1) is 0 Å². The lowest BCUT2D eigenvalue weighted by atomic mass is 9.77. The molecule has 0 aliphatic heterocycles. The maximum absolute atomic E-state index is 12.8. The van der Waals surface area contributed by atoms with Gasteiger partial charge in [-0.3, -0.25) is 9.59 Å². The molecule has 0 amide bonds. The number of fused-ring (bicyclic) bond motifs is 6. The van der Waals surface area contributed by atoms with Crippen LogP contribution in [0.2, 0.25) is 0 Å². The molecular weight excluding hydrogens is 416 g/mol. The third kappa shape index (κ3) is 2.91. The van der Waals surface area contributed by atoms with Gasteiger partial charge in [-0.25, -0.2) is 14.8 Å². The fourth-order valence-electron chi connectivity index (χ4n) is 4.78. The Bertz CT molecular complexity index is 1670. The van der Waals surface area contributed by atoms with E-state index in [2.05, 4.69) is 9.97 Å². The van der Waals surface area contributed by atoms with Crippen LogP contribution in [0.15, 0.2) is 72.9 Å². The molecular formula is C27H16N2O4. The van der Waals surface area contributed by atoms with Crippen LogP contribution in [-0.4, -0.2) is 32.6 Å². The Morgan fingerprint density at radius 1 is 0.879 bits per heavy atom. The Morgan fingerprint density at radius 3 is 2.55 bits per heavy atom. The molecule has 158 valence electrons. The first kappa shape index (κ1) is 19.3. The van der Waals surface area contributed by atoms with Gasteiger partial charge in [-0.05, 0) is 51.4 Å². The molecule has 6 nitrogen and oxygen atoms in total. The average molecular weight is 432 g/mol. The molecule has 0 radical (unpaired) electrons. The van der Waals surface area contributed by atoms with E-state index in [1.165, 1.54) is 12.1 Å². The van der Waals surface area contributed by atoms with Crippen LogP contribution in [0.4, 0.5) is 0 Å². The van der Waals surface area contributed by atoms with E-state index < -0.39 is 23.5 Å². The Morgan fingerprint density at radius 2 is 1.70 bits per heavy atom. The van der Waals surface area contributed by atoms with Crippen molar-refractivity contribution in [2.24, 2.45) is 0 Å². The van der Waals surface area contributed by atoms with Gasteiger partial charge >= 0.3 is 5.97 Å². The first-order chi connectivity index (χ1) is 16.0. The predicted molar refractivity (Wildman–Crippen MR) is 124 cm³/mol. The molecule has 1 heterocycles. The summed E-state index contributed by atoms with van der Waals surface area (Å²) in [5.74, 6) is -2.00. The van der Waals surface area contributed by atoms with Gasteiger partial charge in [0.25, 0.3) is 0 Å². The van der Waals surface area contributed by atoms with Crippen molar-refractivity contribution in [2.45, 2.75) is 12.3 Å². The van der Waals surface area contributed by atoms with E-state index in [-0.39, 0.29) is 12.0 Å². The second-order valence-electron chi connectivity index (χ2n) is 8.22. The number of hydrogen-bond donors (Lipinski definition) is 1. The number of aromatic carboxylic acids is 1. The van der Waals surface area contributed by atoms with E-state index in [1.807, 2.05) is 42.5 Å². The third-order valence-corrected chi connectivity index (χ3v) is 6.36. The van der Waals surface area contributed by atoms with Crippen molar-refractivity contribution in [1.29, 1.82) is 0 Å². The summed E-state index contributed by atoms with van der Waals surface area (Å²) in [6.07, 6.45) is 1.57. The molecule has 1 aliphatic rings. The number of nitrogens with zero attached hydrogens (tertiary/aromatic N) is 2. The monoisotopic (exact) mass is 432 g/mol. The number of Topliss-reactive ketones (excluding diaryl/α,β-unsaturated/α-hetero) is 2. The lowest BCUT2D eigenvalue weighted by Gasteiger charge is -2.25. The van der Waals surface area contributed by atoms with Crippen LogP contribution >= 0.6 is 0 Å². The van der Waals surface area contributed by atoms with E-state index in [1.54, 1.807) is 18.3 Å². The minimum atomic E-state index is -1.02. The number of rotatable bonds is 2. The predicted octanol–water partition coefficient (Wildman–Crippen LogP) is 4.92. The van der Waals surface area contributed by atoms with Gasteiger partial charge in [-0.2, -0.15) is 0 Å². The summed E-state index contributed by atoms with van der Waals surface area (Å²) >= 11 is 0. The van der Waals surface area contributed by atoms with Gasteiger partial charge in [0.2, 0.25) is 11.6 Å². The topological polar surface area (TPSA) is 97.2 Å². The largest absolute Gasteiger partial charge is 0.478 e. The highest BCUT2D eigenvalue weighted by atomic mass is 16.4. The van der Waals surface area contributed by atoms with Crippen LogP contribution in [0.5, 0.6) is 0 Å². The van der Waals surface area contributed by atoms with Crippen molar-refractivity contribution in [3.05, 3.63) is 95.4 Å². The van der Waals surface area contributed by atoms with Gasteiger partial charge in [-0.1, -0.05) is 42.5 Å². The van der Waals surface area contributed by atoms with Gasteiger partial charge in [0.15, 0.2) is 0 Å². The molecule has 5 aromatic rings. The minimum Gasteiger partial charge on any atom is -0.478 e. The average Bonchev–Trinajstić information content (AvgIpc) is 2.84. The van der Waals surface area contributed by atoms with E-state index in [0.29, 0.717) is 22.3 Å². The molecule has 4 aromatic carbocycles. The SMILES string of the molecule is O=C1CC(c2ncc3cc(C(=O)O)ccc3n2)c2c(ccc3c2ccc2ccccc23)C1=O. The normalized spacial score (nSPS) is 15.8. The fraction of sp³-hybridized carbons (Fsp3) is 0.0741. The van der Waals surface area contributed by atoms with Crippen molar-refractivity contribution < 1.29 is 19.5 Å². The molecule has 0 saturated heterocycles. The van der Waals surface area contributed by atoms with Crippen molar-refractivity contribution in [3.63, 3.8) is 0 Å². The zero-order valence-electron chi connectivity index (χ0n) is 17.3. The highest BCUT2D eigenvalue weighted by molar-refractivity contribution is 6.45. The highest BCUT2D eigenvalue weighted by Crippen LogP contribution is 2.40. The number of carbonyl (C=O) groups excluding carboxylic acids is 2. The van der Waals surface area contributed by atoms with Gasteiger partial charge in [0.1, 0.15) is 5.82 Å². The Hall–Kier alpha value is -4.45. The van der Waals surface area contributed by atoms with E-state index in [4.69, 9.17) is 0 Å². The first-order valence-electron chi connectivity index (χ1n) is 10.5. The number of carboxylic acids is 1. The van der Waals surface area contributed by atoms with Crippen molar-refractivity contribution >= 4 is 50.0 Å². The van der Waals surface area contributed by atoms with Crippen LogP contribution in [0.25, 0.3) is 32.4 Å². The van der Waals surface area contributed by atoms with Crippen LogP contribution < -0.4 is 0 Å². The molecule has 1 aliphatic carbocycles. The Balaban J connectivity index is 1.60. The van der Waals surface area contributed by atoms with Crippen LogP contribution in [-0.2, 0) is 4.79 Å². The number of benzene rings is 4. The molecule has 1 aromatic heterocycles.